The predicted octanol–water partition coefficient (Wildman–Crippen LogP) is 4.40. The van der Waals surface area contributed by atoms with Gasteiger partial charge in [0, 0.05) is 6.42 Å². The Kier molecular flexibility index (Phi) is 6.50. The Morgan fingerprint density at radius 1 is 1.18 bits per heavy atom. The average Bonchev–Trinajstić information content (AvgIpc) is 2.95. The SMILES string of the molecule is Cl.Clc1cccc(Cl)c1-c1noc(CCC2CCNCC2)n1. The minimum absolute atomic E-state index is 0. The maximum absolute atomic E-state index is 6.16. The summed E-state index contributed by atoms with van der Waals surface area (Å²) in [7, 11) is 0. The Morgan fingerprint density at radius 3 is 2.55 bits per heavy atom. The number of piperidine rings is 1. The van der Waals surface area contributed by atoms with E-state index in [0.717, 1.165) is 31.8 Å². The number of nitrogens with zero attached hydrogens (tertiary/aromatic N) is 2. The van der Waals surface area contributed by atoms with Gasteiger partial charge in [-0.2, -0.15) is 4.98 Å². The molecule has 3 rings (SSSR count). The standard InChI is InChI=1S/C15H17Cl2N3O.ClH/c16-11-2-1-3-12(17)14(11)15-19-13(21-20-15)5-4-10-6-8-18-9-7-10;/h1-3,10,18H,4-9H2;1H. The molecule has 1 N–H and O–H groups in total. The first kappa shape index (κ1) is 17.5. The maximum Gasteiger partial charge on any atom is 0.226 e. The van der Waals surface area contributed by atoms with Gasteiger partial charge in [0.15, 0.2) is 0 Å². The van der Waals surface area contributed by atoms with Crippen molar-refractivity contribution in [3.8, 4) is 11.4 Å². The minimum Gasteiger partial charge on any atom is -0.339 e. The lowest BCUT2D eigenvalue weighted by molar-refractivity contribution is 0.324. The first-order valence-electron chi connectivity index (χ1n) is 7.21. The molecule has 1 saturated heterocycles. The maximum atomic E-state index is 6.16. The van der Waals surface area contributed by atoms with E-state index in [2.05, 4.69) is 15.5 Å². The highest BCUT2D eigenvalue weighted by Gasteiger charge is 2.17. The van der Waals surface area contributed by atoms with Gasteiger partial charge in [0.1, 0.15) is 0 Å². The molecule has 0 unspecified atom stereocenters. The van der Waals surface area contributed by atoms with Gasteiger partial charge in [0.25, 0.3) is 0 Å². The van der Waals surface area contributed by atoms with E-state index in [0.29, 0.717) is 27.3 Å². The van der Waals surface area contributed by atoms with Crippen molar-refractivity contribution in [2.45, 2.75) is 25.7 Å². The first-order valence-corrected chi connectivity index (χ1v) is 7.97. The van der Waals surface area contributed by atoms with E-state index in [4.69, 9.17) is 27.7 Å². The highest BCUT2D eigenvalue weighted by atomic mass is 35.5. The van der Waals surface area contributed by atoms with Crippen molar-refractivity contribution in [1.29, 1.82) is 0 Å². The number of benzene rings is 1. The molecule has 7 heteroatoms. The zero-order valence-electron chi connectivity index (χ0n) is 12.0. The normalized spacial score (nSPS) is 15.5. The molecule has 1 aliphatic rings. The molecular weight excluding hydrogens is 345 g/mol. The lowest BCUT2D eigenvalue weighted by Gasteiger charge is -2.21. The third-order valence-electron chi connectivity index (χ3n) is 3.88. The lowest BCUT2D eigenvalue weighted by Crippen LogP contribution is -2.27. The number of hydrogen-bond acceptors (Lipinski definition) is 4. The Labute approximate surface area is 146 Å². The lowest BCUT2D eigenvalue weighted by atomic mass is 9.93. The van der Waals surface area contributed by atoms with E-state index >= 15 is 0 Å². The molecule has 0 bridgehead atoms. The third kappa shape index (κ3) is 4.13. The Balaban J connectivity index is 0.00000176. The van der Waals surface area contributed by atoms with Crippen molar-refractivity contribution in [3.63, 3.8) is 0 Å². The molecule has 0 spiro atoms. The van der Waals surface area contributed by atoms with Crippen molar-refractivity contribution in [2.75, 3.05) is 13.1 Å². The van der Waals surface area contributed by atoms with Crippen LogP contribution in [0.1, 0.15) is 25.2 Å². The number of hydrogen-bond donors (Lipinski definition) is 1. The molecule has 0 radical (unpaired) electrons. The van der Waals surface area contributed by atoms with E-state index in [-0.39, 0.29) is 12.4 Å². The van der Waals surface area contributed by atoms with Crippen LogP contribution < -0.4 is 5.32 Å². The molecule has 2 heterocycles. The van der Waals surface area contributed by atoms with Crippen LogP contribution in [0.15, 0.2) is 22.7 Å². The van der Waals surface area contributed by atoms with Gasteiger partial charge in [-0.15, -0.1) is 12.4 Å². The number of nitrogens with one attached hydrogen (secondary N) is 1. The summed E-state index contributed by atoms with van der Waals surface area (Å²) in [6.07, 6.45) is 4.33. The summed E-state index contributed by atoms with van der Waals surface area (Å²) in [5.41, 5.74) is 0.637. The van der Waals surface area contributed by atoms with Crippen molar-refractivity contribution in [2.24, 2.45) is 5.92 Å². The van der Waals surface area contributed by atoms with Crippen LogP contribution in [0.2, 0.25) is 10.0 Å². The molecule has 1 aliphatic heterocycles. The van der Waals surface area contributed by atoms with Gasteiger partial charge in [0.05, 0.1) is 15.6 Å². The molecule has 120 valence electrons. The molecule has 0 amide bonds. The summed E-state index contributed by atoms with van der Waals surface area (Å²) in [5, 5.41) is 8.45. The van der Waals surface area contributed by atoms with Crippen LogP contribution in [-0.4, -0.2) is 23.2 Å². The molecule has 2 aromatic rings. The number of aryl methyl sites for hydroxylation is 1. The van der Waals surface area contributed by atoms with Crippen molar-refractivity contribution < 1.29 is 4.52 Å². The second-order valence-electron chi connectivity index (χ2n) is 5.34. The summed E-state index contributed by atoms with van der Waals surface area (Å²) >= 11 is 12.3. The van der Waals surface area contributed by atoms with E-state index in [1.165, 1.54) is 12.8 Å². The van der Waals surface area contributed by atoms with Gasteiger partial charge in [-0.3, -0.25) is 0 Å². The molecule has 4 nitrogen and oxygen atoms in total. The Bertz CT molecular complexity index is 592. The summed E-state index contributed by atoms with van der Waals surface area (Å²) in [6, 6.07) is 5.34. The fourth-order valence-electron chi connectivity index (χ4n) is 2.67. The molecule has 1 aromatic heterocycles. The fourth-order valence-corrected chi connectivity index (χ4v) is 3.23. The van der Waals surface area contributed by atoms with Gasteiger partial charge in [0.2, 0.25) is 11.7 Å². The summed E-state index contributed by atoms with van der Waals surface area (Å²) in [6.45, 7) is 2.21. The van der Waals surface area contributed by atoms with Crippen molar-refractivity contribution in [1.82, 2.24) is 15.5 Å². The van der Waals surface area contributed by atoms with E-state index in [1.54, 1.807) is 18.2 Å². The van der Waals surface area contributed by atoms with Gasteiger partial charge in [-0.05, 0) is 50.4 Å². The molecule has 1 fully saturated rings. The van der Waals surface area contributed by atoms with Gasteiger partial charge >= 0.3 is 0 Å². The number of rotatable bonds is 4. The van der Waals surface area contributed by atoms with Crippen LogP contribution in [0.25, 0.3) is 11.4 Å². The van der Waals surface area contributed by atoms with Crippen molar-refractivity contribution in [3.05, 3.63) is 34.1 Å². The molecule has 0 atom stereocenters. The highest BCUT2D eigenvalue weighted by molar-refractivity contribution is 6.38. The molecule has 22 heavy (non-hydrogen) atoms. The zero-order chi connectivity index (χ0) is 14.7. The Morgan fingerprint density at radius 2 is 1.86 bits per heavy atom. The average molecular weight is 363 g/mol. The summed E-state index contributed by atoms with van der Waals surface area (Å²) < 4.78 is 5.33. The highest BCUT2D eigenvalue weighted by Crippen LogP contribution is 2.32. The van der Waals surface area contributed by atoms with Crippen LogP contribution in [0, 0.1) is 5.92 Å². The minimum atomic E-state index is 0. The third-order valence-corrected chi connectivity index (χ3v) is 4.51. The molecule has 0 saturated carbocycles. The van der Waals surface area contributed by atoms with E-state index < -0.39 is 0 Å². The Hall–Kier alpha value is -0.810. The van der Waals surface area contributed by atoms with Crippen LogP contribution in [0.3, 0.4) is 0 Å². The quantitative estimate of drug-likeness (QED) is 0.876. The zero-order valence-corrected chi connectivity index (χ0v) is 14.3. The molecule has 0 aliphatic carbocycles. The van der Waals surface area contributed by atoms with E-state index in [9.17, 15) is 0 Å². The van der Waals surface area contributed by atoms with Gasteiger partial charge in [-0.25, -0.2) is 0 Å². The van der Waals surface area contributed by atoms with Crippen LogP contribution in [0.4, 0.5) is 0 Å². The smallest absolute Gasteiger partial charge is 0.226 e. The first-order chi connectivity index (χ1) is 10.2. The second-order valence-corrected chi connectivity index (χ2v) is 6.15. The monoisotopic (exact) mass is 361 g/mol. The van der Waals surface area contributed by atoms with Crippen LogP contribution >= 0.6 is 35.6 Å². The predicted molar refractivity (Wildman–Crippen MR) is 90.9 cm³/mol. The second kappa shape index (κ2) is 8.16. The fraction of sp³-hybridized carbons (Fsp3) is 0.467. The molecular formula is C15H18Cl3N3O. The van der Waals surface area contributed by atoms with Crippen molar-refractivity contribution >= 4 is 35.6 Å². The summed E-state index contributed by atoms with van der Waals surface area (Å²) in [5.74, 6) is 1.86. The van der Waals surface area contributed by atoms with E-state index in [1.807, 2.05) is 0 Å². The van der Waals surface area contributed by atoms with Gasteiger partial charge in [-0.1, -0.05) is 34.4 Å². The topological polar surface area (TPSA) is 51.0 Å². The van der Waals surface area contributed by atoms with Crippen LogP contribution in [0.5, 0.6) is 0 Å². The number of aromatic nitrogens is 2. The van der Waals surface area contributed by atoms with Crippen LogP contribution in [-0.2, 0) is 6.42 Å². The van der Waals surface area contributed by atoms with Gasteiger partial charge < -0.3 is 9.84 Å². The number of halogens is 3. The largest absolute Gasteiger partial charge is 0.339 e. The summed E-state index contributed by atoms with van der Waals surface area (Å²) in [4.78, 5) is 4.42. The molecule has 1 aromatic carbocycles.